The van der Waals surface area contributed by atoms with Gasteiger partial charge in [-0.1, -0.05) is 28.1 Å². The van der Waals surface area contributed by atoms with E-state index < -0.39 is 0 Å². The predicted octanol–water partition coefficient (Wildman–Crippen LogP) is 5.73. The summed E-state index contributed by atoms with van der Waals surface area (Å²) in [6.45, 7) is 2.01. The lowest BCUT2D eigenvalue weighted by atomic mass is 9.99. The molecule has 0 aliphatic carbocycles. The van der Waals surface area contributed by atoms with Gasteiger partial charge in [0.25, 0.3) is 5.91 Å². The fourth-order valence-electron chi connectivity index (χ4n) is 2.48. The second-order valence-electron chi connectivity index (χ2n) is 5.00. The highest BCUT2D eigenvalue weighted by Crippen LogP contribution is 2.43. The SMILES string of the molecule is CSc1ccc(C=C2C(=O)Nc3c(Br)cc(Br)c(C)c32)cc1. The van der Waals surface area contributed by atoms with Crippen LogP contribution in [0, 0.1) is 6.92 Å². The van der Waals surface area contributed by atoms with Crippen molar-refractivity contribution in [1.29, 1.82) is 0 Å². The summed E-state index contributed by atoms with van der Waals surface area (Å²) >= 11 is 8.77. The highest BCUT2D eigenvalue weighted by atomic mass is 79.9. The van der Waals surface area contributed by atoms with Gasteiger partial charge in [0, 0.05) is 25.0 Å². The van der Waals surface area contributed by atoms with Crippen LogP contribution in [-0.4, -0.2) is 12.2 Å². The molecule has 1 aliphatic heterocycles. The topological polar surface area (TPSA) is 29.1 Å². The van der Waals surface area contributed by atoms with Gasteiger partial charge in [0.2, 0.25) is 0 Å². The molecule has 2 aromatic rings. The fraction of sp³-hybridized carbons (Fsp3) is 0.118. The Morgan fingerprint density at radius 1 is 1.14 bits per heavy atom. The van der Waals surface area contributed by atoms with Crippen molar-refractivity contribution in [1.82, 2.24) is 0 Å². The van der Waals surface area contributed by atoms with Gasteiger partial charge in [-0.05, 0) is 64.5 Å². The number of halogens is 2. The Kier molecular flexibility index (Phi) is 4.48. The van der Waals surface area contributed by atoms with Crippen molar-refractivity contribution in [3.8, 4) is 0 Å². The van der Waals surface area contributed by atoms with Crippen LogP contribution in [0.1, 0.15) is 16.7 Å². The first-order valence-electron chi connectivity index (χ1n) is 6.67. The number of amides is 1. The normalized spacial score (nSPS) is 15.1. The van der Waals surface area contributed by atoms with Crippen molar-refractivity contribution in [3.63, 3.8) is 0 Å². The van der Waals surface area contributed by atoms with Crippen molar-refractivity contribution in [2.75, 3.05) is 11.6 Å². The number of benzene rings is 2. The van der Waals surface area contributed by atoms with E-state index in [1.807, 2.05) is 37.5 Å². The largest absolute Gasteiger partial charge is 0.320 e. The summed E-state index contributed by atoms with van der Waals surface area (Å²) < 4.78 is 1.87. The highest BCUT2D eigenvalue weighted by molar-refractivity contribution is 9.11. The van der Waals surface area contributed by atoms with E-state index in [2.05, 4.69) is 49.3 Å². The maximum absolute atomic E-state index is 12.4. The zero-order valence-corrected chi connectivity index (χ0v) is 16.0. The molecule has 0 bridgehead atoms. The zero-order valence-electron chi connectivity index (χ0n) is 12.0. The van der Waals surface area contributed by atoms with Crippen LogP contribution in [0.4, 0.5) is 5.69 Å². The van der Waals surface area contributed by atoms with Crippen LogP contribution in [0.5, 0.6) is 0 Å². The highest BCUT2D eigenvalue weighted by Gasteiger charge is 2.28. The second-order valence-corrected chi connectivity index (χ2v) is 7.59. The second kappa shape index (κ2) is 6.22. The number of carbonyl (C=O) groups excluding carboxylic acids is 1. The molecule has 0 saturated carbocycles. The van der Waals surface area contributed by atoms with E-state index in [0.29, 0.717) is 5.57 Å². The summed E-state index contributed by atoms with van der Waals surface area (Å²) in [7, 11) is 0. The Morgan fingerprint density at radius 3 is 2.45 bits per heavy atom. The third-order valence-electron chi connectivity index (χ3n) is 3.65. The molecule has 3 rings (SSSR count). The standard InChI is InChI=1S/C17H13Br2NOS/c1-9-13(18)8-14(19)16-15(9)12(17(21)20-16)7-10-3-5-11(22-2)6-4-10/h3-8H,1-2H3,(H,20,21). The van der Waals surface area contributed by atoms with E-state index in [1.165, 1.54) is 4.90 Å². The molecule has 22 heavy (non-hydrogen) atoms. The summed E-state index contributed by atoms with van der Waals surface area (Å²) in [5.41, 5.74) is 4.58. The summed E-state index contributed by atoms with van der Waals surface area (Å²) in [6, 6.07) is 10.2. The first kappa shape index (κ1) is 15.8. The number of hydrogen-bond donors (Lipinski definition) is 1. The lowest BCUT2D eigenvalue weighted by Gasteiger charge is -2.08. The van der Waals surface area contributed by atoms with E-state index in [0.717, 1.165) is 31.3 Å². The Morgan fingerprint density at radius 2 is 1.82 bits per heavy atom. The van der Waals surface area contributed by atoms with E-state index in [4.69, 9.17) is 0 Å². The van der Waals surface area contributed by atoms with Gasteiger partial charge in [-0.3, -0.25) is 4.79 Å². The third kappa shape index (κ3) is 2.77. The Balaban J connectivity index is 2.13. The van der Waals surface area contributed by atoms with Gasteiger partial charge < -0.3 is 5.32 Å². The number of hydrogen-bond acceptors (Lipinski definition) is 2. The van der Waals surface area contributed by atoms with Crippen molar-refractivity contribution < 1.29 is 4.79 Å². The Bertz CT molecular complexity index is 797. The number of carbonyl (C=O) groups is 1. The van der Waals surface area contributed by atoms with Gasteiger partial charge >= 0.3 is 0 Å². The first-order valence-corrected chi connectivity index (χ1v) is 9.48. The van der Waals surface area contributed by atoms with Crippen molar-refractivity contribution >= 4 is 66.9 Å². The molecule has 1 N–H and O–H groups in total. The average molecular weight is 439 g/mol. The van der Waals surface area contributed by atoms with Crippen LogP contribution in [0.25, 0.3) is 11.6 Å². The quantitative estimate of drug-likeness (QED) is 0.478. The first-order chi connectivity index (χ1) is 10.5. The number of nitrogens with one attached hydrogen (secondary N) is 1. The molecular formula is C17H13Br2NOS. The minimum atomic E-state index is -0.0640. The molecule has 2 nitrogen and oxygen atoms in total. The molecule has 2 aromatic carbocycles. The number of anilines is 1. The lowest BCUT2D eigenvalue weighted by Crippen LogP contribution is -2.03. The van der Waals surface area contributed by atoms with E-state index >= 15 is 0 Å². The molecule has 112 valence electrons. The molecule has 1 heterocycles. The Labute approximate surface area is 150 Å². The molecule has 0 aromatic heterocycles. The van der Waals surface area contributed by atoms with E-state index in [1.54, 1.807) is 11.8 Å². The average Bonchev–Trinajstić information content (AvgIpc) is 2.83. The Hall–Kier alpha value is -1.04. The van der Waals surface area contributed by atoms with Gasteiger partial charge in [-0.25, -0.2) is 0 Å². The van der Waals surface area contributed by atoms with Gasteiger partial charge in [0.05, 0.1) is 5.69 Å². The molecule has 1 amide bonds. The molecule has 0 radical (unpaired) electrons. The molecular weight excluding hydrogens is 426 g/mol. The van der Waals surface area contributed by atoms with E-state index in [9.17, 15) is 4.79 Å². The number of fused-ring (bicyclic) bond motifs is 1. The number of thioether (sulfide) groups is 1. The minimum Gasteiger partial charge on any atom is -0.320 e. The monoisotopic (exact) mass is 437 g/mol. The van der Waals surface area contributed by atoms with Gasteiger partial charge in [-0.2, -0.15) is 0 Å². The van der Waals surface area contributed by atoms with Crippen LogP contribution >= 0.6 is 43.6 Å². The van der Waals surface area contributed by atoms with Gasteiger partial charge in [-0.15, -0.1) is 11.8 Å². The maximum atomic E-state index is 12.4. The minimum absolute atomic E-state index is 0.0640. The summed E-state index contributed by atoms with van der Waals surface area (Å²) in [4.78, 5) is 13.6. The smallest absolute Gasteiger partial charge is 0.256 e. The molecule has 5 heteroatoms. The summed E-state index contributed by atoms with van der Waals surface area (Å²) in [5.74, 6) is -0.0640. The van der Waals surface area contributed by atoms with Crippen molar-refractivity contribution in [2.45, 2.75) is 11.8 Å². The zero-order chi connectivity index (χ0) is 15.9. The van der Waals surface area contributed by atoms with E-state index in [-0.39, 0.29) is 5.91 Å². The third-order valence-corrected chi connectivity index (χ3v) is 5.85. The summed E-state index contributed by atoms with van der Waals surface area (Å²) in [5, 5.41) is 2.95. The predicted molar refractivity (Wildman–Crippen MR) is 101 cm³/mol. The lowest BCUT2D eigenvalue weighted by molar-refractivity contribution is -0.110. The van der Waals surface area contributed by atoms with Crippen LogP contribution in [0.3, 0.4) is 0 Å². The molecule has 1 aliphatic rings. The molecule has 0 unspecified atom stereocenters. The fourth-order valence-corrected chi connectivity index (χ4v) is 4.14. The van der Waals surface area contributed by atoms with Crippen LogP contribution < -0.4 is 5.32 Å². The van der Waals surface area contributed by atoms with Gasteiger partial charge in [0.15, 0.2) is 0 Å². The van der Waals surface area contributed by atoms with Crippen molar-refractivity contribution in [2.24, 2.45) is 0 Å². The van der Waals surface area contributed by atoms with Crippen LogP contribution in [0.2, 0.25) is 0 Å². The molecule has 0 fully saturated rings. The molecule has 0 spiro atoms. The summed E-state index contributed by atoms with van der Waals surface area (Å²) in [6.07, 6.45) is 3.99. The molecule has 0 atom stereocenters. The number of rotatable bonds is 2. The van der Waals surface area contributed by atoms with Crippen molar-refractivity contribution in [3.05, 3.63) is 56.0 Å². The van der Waals surface area contributed by atoms with Gasteiger partial charge in [0.1, 0.15) is 0 Å². The van der Waals surface area contributed by atoms with Crippen LogP contribution in [0.15, 0.2) is 44.2 Å². The molecule has 0 saturated heterocycles. The maximum Gasteiger partial charge on any atom is 0.256 e. The van der Waals surface area contributed by atoms with Crippen LogP contribution in [-0.2, 0) is 4.79 Å².